The van der Waals surface area contributed by atoms with Crippen LogP contribution in [0.2, 0.25) is 0 Å². The van der Waals surface area contributed by atoms with Gasteiger partial charge in [-0.05, 0) is 43.3 Å². The summed E-state index contributed by atoms with van der Waals surface area (Å²) in [5.74, 6) is 0. The van der Waals surface area contributed by atoms with Gasteiger partial charge in [0.25, 0.3) is 0 Å². The van der Waals surface area contributed by atoms with Gasteiger partial charge in [-0.15, -0.1) is 0 Å². The Balaban J connectivity index is 1.51. The van der Waals surface area contributed by atoms with Crippen molar-refractivity contribution in [2.45, 2.75) is 25.9 Å². The number of hydrogen-bond acceptors (Lipinski definition) is 3. The van der Waals surface area contributed by atoms with Crippen molar-refractivity contribution in [3.05, 3.63) is 35.9 Å². The fraction of sp³-hybridized carbons (Fsp3) is 0.562. The zero-order valence-corrected chi connectivity index (χ0v) is 11.8. The molecule has 4 nitrogen and oxygen atoms in total. The molecule has 1 aromatic carbocycles. The number of carbonyl (C=O) groups is 1. The van der Waals surface area contributed by atoms with E-state index in [1.54, 1.807) is 0 Å². The maximum atomic E-state index is 12.1. The standard InChI is InChI=1S/C16H22N2O2/c19-15(20-12-14-4-2-1-3-5-14)18-11-8-16(13-18)6-9-17-10-7-16/h1-5,17H,6-13H2. The highest BCUT2D eigenvalue weighted by Crippen LogP contribution is 2.38. The van der Waals surface area contributed by atoms with E-state index in [0.29, 0.717) is 12.0 Å². The predicted molar refractivity (Wildman–Crippen MR) is 77.4 cm³/mol. The monoisotopic (exact) mass is 274 g/mol. The molecule has 0 radical (unpaired) electrons. The van der Waals surface area contributed by atoms with Gasteiger partial charge in [0.1, 0.15) is 6.61 Å². The molecule has 2 aliphatic rings. The van der Waals surface area contributed by atoms with E-state index >= 15 is 0 Å². The number of hydrogen-bond donors (Lipinski definition) is 1. The molecule has 1 spiro atoms. The van der Waals surface area contributed by atoms with Gasteiger partial charge in [-0.25, -0.2) is 4.79 Å². The molecular weight excluding hydrogens is 252 g/mol. The lowest BCUT2D eigenvalue weighted by molar-refractivity contribution is 0.0967. The summed E-state index contributed by atoms with van der Waals surface area (Å²) in [6.45, 7) is 4.22. The van der Waals surface area contributed by atoms with Crippen molar-refractivity contribution in [1.29, 1.82) is 0 Å². The number of rotatable bonds is 2. The molecule has 0 atom stereocenters. The molecule has 0 unspecified atom stereocenters. The van der Waals surface area contributed by atoms with E-state index in [9.17, 15) is 4.79 Å². The molecule has 20 heavy (non-hydrogen) atoms. The quantitative estimate of drug-likeness (QED) is 0.900. The van der Waals surface area contributed by atoms with Crippen molar-refractivity contribution in [1.82, 2.24) is 10.2 Å². The van der Waals surface area contributed by atoms with Crippen LogP contribution in [-0.4, -0.2) is 37.2 Å². The van der Waals surface area contributed by atoms with E-state index in [-0.39, 0.29) is 6.09 Å². The predicted octanol–water partition coefficient (Wildman–Crippen LogP) is 2.40. The van der Waals surface area contributed by atoms with Gasteiger partial charge in [0.2, 0.25) is 0 Å². The van der Waals surface area contributed by atoms with E-state index in [4.69, 9.17) is 4.74 Å². The number of ether oxygens (including phenoxy) is 1. The SMILES string of the molecule is O=C(OCc1ccccc1)N1CCC2(CCNCC2)C1. The minimum Gasteiger partial charge on any atom is -0.445 e. The molecule has 2 aliphatic heterocycles. The van der Waals surface area contributed by atoms with Gasteiger partial charge < -0.3 is 15.0 Å². The molecule has 2 fully saturated rings. The summed E-state index contributed by atoms with van der Waals surface area (Å²) in [7, 11) is 0. The number of benzene rings is 1. The van der Waals surface area contributed by atoms with Crippen LogP contribution in [0, 0.1) is 5.41 Å². The van der Waals surface area contributed by atoms with Gasteiger partial charge in [0.05, 0.1) is 0 Å². The molecular formula is C16H22N2O2. The van der Waals surface area contributed by atoms with E-state index < -0.39 is 0 Å². The summed E-state index contributed by atoms with van der Waals surface area (Å²) in [5.41, 5.74) is 1.38. The zero-order valence-electron chi connectivity index (χ0n) is 11.8. The molecule has 0 saturated carbocycles. The van der Waals surface area contributed by atoms with Crippen molar-refractivity contribution in [2.24, 2.45) is 5.41 Å². The van der Waals surface area contributed by atoms with Gasteiger partial charge in [0.15, 0.2) is 0 Å². The Morgan fingerprint density at radius 3 is 2.70 bits per heavy atom. The Labute approximate surface area is 120 Å². The highest BCUT2D eigenvalue weighted by molar-refractivity contribution is 5.68. The summed E-state index contributed by atoms with van der Waals surface area (Å²) in [4.78, 5) is 14.0. The smallest absolute Gasteiger partial charge is 0.410 e. The Hall–Kier alpha value is -1.55. The number of nitrogens with zero attached hydrogens (tertiary/aromatic N) is 1. The number of piperidine rings is 1. The third-order valence-electron chi connectivity index (χ3n) is 4.57. The molecule has 0 aliphatic carbocycles. The van der Waals surface area contributed by atoms with Crippen molar-refractivity contribution >= 4 is 6.09 Å². The van der Waals surface area contributed by atoms with Crippen LogP contribution in [0.15, 0.2) is 30.3 Å². The van der Waals surface area contributed by atoms with Gasteiger partial charge in [-0.2, -0.15) is 0 Å². The van der Waals surface area contributed by atoms with Crippen LogP contribution in [0.5, 0.6) is 0 Å². The fourth-order valence-electron chi connectivity index (χ4n) is 3.27. The zero-order chi connectivity index (χ0) is 13.8. The Bertz CT molecular complexity index is 455. The largest absolute Gasteiger partial charge is 0.445 e. The first-order valence-corrected chi connectivity index (χ1v) is 7.44. The van der Waals surface area contributed by atoms with Gasteiger partial charge in [-0.1, -0.05) is 30.3 Å². The molecule has 1 N–H and O–H groups in total. The highest BCUT2D eigenvalue weighted by atomic mass is 16.6. The van der Waals surface area contributed by atoms with E-state index in [1.807, 2.05) is 35.2 Å². The van der Waals surface area contributed by atoms with Gasteiger partial charge in [-0.3, -0.25) is 0 Å². The second-order valence-electron chi connectivity index (χ2n) is 5.96. The average molecular weight is 274 g/mol. The summed E-state index contributed by atoms with van der Waals surface area (Å²) in [6, 6.07) is 9.84. The van der Waals surface area contributed by atoms with Crippen LogP contribution in [-0.2, 0) is 11.3 Å². The summed E-state index contributed by atoms with van der Waals surface area (Å²) in [5, 5.41) is 3.39. The first kappa shape index (κ1) is 13.4. The lowest BCUT2D eigenvalue weighted by Gasteiger charge is -2.33. The minimum atomic E-state index is -0.163. The number of nitrogens with one attached hydrogen (secondary N) is 1. The Kier molecular flexibility index (Phi) is 3.92. The van der Waals surface area contributed by atoms with Crippen molar-refractivity contribution < 1.29 is 9.53 Å². The highest BCUT2D eigenvalue weighted by Gasteiger charge is 2.40. The maximum Gasteiger partial charge on any atom is 0.410 e. The molecule has 0 aromatic heterocycles. The fourth-order valence-corrected chi connectivity index (χ4v) is 3.27. The molecule has 4 heteroatoms. The summed E-state index contributed by atoms with van der Waals surface area (Å²) < 4.78 is 5.42. The molecule has 1 aromatic rings. The number of amides is 1. The van der Waals surface area contributed by atoms with Crippen LogP contribution in [0.1, 0.15) is 24.8 Å². The lowest BCUT2D eigenvalue weighted by atomic mass is 9.78. The molecule has 0 bridgehead atoms. The topological polar surface area (TPSA) is 41.6 Å². The first-order valence-electron chi connectivity index (χ1n) is 7.44. The molecule has 2 heterocycles. The first-order chi connectivity index (χ1) is 9.77. The Morgan fingerprint density at radius 2 is 1.95 bits per heavy atom. The third kappa shape index (κ3) is 2.96. The molecule has 3 rings (SSSR count). The van der Waals surface area contributed by atoms with Crippen LogP contribution < -0.4 is 5.32 Å². The van der Waals surface area contributed by atoms with Gasteiger partial charge >= 0.3 is 6.09 Å². The lowest BCUT2D eigenvalue weighted by Crippen LogP contribution is -2.39. The number of likely N-dealkylation sites (tertiary alicyclic amines) is 1. The van der Waals surface area contributed by atoms with E-state index in [0.717, 1.165) is 38.2 Å². The second kappa shape index (κ2) is 5.83. The van der Waals surface area contributed by atoms with Crippen LogP contribution in [0.25, 0.3) is 0 Å². The van der Waals surface area contributed by atoms with Crippen LogP contribution in [0.3, 0.4) is 0 Å². The van der Waals surface area contributed by atoms with Crippen molar-refractivity contribution in [3.8, 4) is 0 Å². The van der Waals surface area contributed by atoms with Crippen molar-refractivity contribution in [2.75, 3.05) is 26.2 Å². The molecule has 108 valence electrons. The van der Waals surface area contributed by atoms with Gasteiger partial charge in [0, 0.05) is 13.1 Å². The molecule has 1 amide bonds. The Morgan fingerprint density at radius 1 is 1.20 bits per heavy atom. The van der Waals surface area contributed by atoms with E-state index in [2.05, 4.69) is 5.32 Å². The average Bonchev–Trinajstić information content (AvgIpc) is 2.90. The second-order valence-corrected chi connectivity index (χ2v) is 5.96. The van der Waals surface area contributed by atoms with Crippen LogP contribution >= 0.6 is 0 Å². The summed E-state index contributed by atoms with van der Waals surface area (Å²) in [6.07, 6.45) is 3.31. The normalized spacial score (nSPS) is 21.1. The van der Waals surface area contributed by atoms with Crippen LogP contribution in [0.4, 0.5) is 4.79 Å². The maximum absolute atomic E-state index is 12.1. The third-order valence-corrected chi connectivity index (χ3v) is 4.57. The van der Waals surface area contributed by atoms with Crippen molar-refractivity contribution in [3.63, 3.8) is 0 Å². The molecule has 2 saturated heterocycles. The minimum absolute atomic E-state index is 0.163. The van der Waals surface area contributed by atoms with E-state index in [1.165, 1.54) is 12.8 Å². The number of carbonyl (C=O) groups excluding carboxylic acids is 1. The summed E-state index contributed by atoms with van der Waals surface area (Å²) >= 11 is 0.